The Morgan fingerprint density at radius 2 is 1.81 bits per heavy atom. The van der Waals surface area contributed by atoms with E-state index in [2.05, 4.69) is 34.5 Å². The lowest BCUT2D eigenvalue weighted by Gasteiger charge is -2.39. The number of piperidine rings is 1. The van der Waals surface area contributed by atoms with Crippen molar-refractivity contribution in [2.45, 2.75) is 18.9 Å². The Bertz CT molecular complexity index is 711. The topological polar surface area (TPSA) is 69.7 Å². The van der Waals surface area contributed by atoms with Crippen molar-refractivity contribution in [2.24, 2.45) is 5.92 Å². The van der Waals surface area contributed by atoms with Crippen LogP contribution in [0.1, 0.15) is 24.4 Å². The van der Waals surface area contributed by atoms with Crippen LogP contribution >= 0.6 is 22.6 Å². The molecule has 1 aromatic carbocycles. The molecule has 3 rings (SSSR count). The fourth-order valence-corrected chi connectivity index (χ4v) is 3.95. The second-order valence-electron chi connectivity index (χ2n) is 6.58. The first-order valence-electron chi connectivity index (χ1n) is 8.76. The number of piperazine rings is 1. The van der Waals surface area contributed by atoms with Gasteiger partial charge in [0.25, 0.3) is 0 Å². The van der Waals surface area contributed by atoms with Gasteiger partial charge in [-0.05, 0) is 59.2 Å². The molecule has 1 N–H and O–H groups in total. The maximum atomic E-state index is 13.1. The molecule has 1 atom stereocenters. The largest absolute Gasteiger partial charge is 0.352 e. The molecule has 7 heteroatoms. The van der Waals surface area contributed by atoms with Crippen LogP contribution in [0.25, 0.3) is 0 Å². The van der Waals surface area contributed by atoms with Crippen molar-refractivity contribution in [3.63, 3.8) is 0 Å². The highest BCUT2D eigenvalue weighted by Gasteiger charge is 2.38. The third-order valence-electron chi connectivity index (χ3n) is 5.01. The average molecular weight is 467 g/mol. The molecule has 6 nitrogen and oxygen atoms in total. The quantitative estimate of drug-likeness (QED) is 0.544. The fraction of sp³-hybridized carbons (Fsp3) is 0.421. The minimum atomic E-state index is -0.582. The van der Waals surface area contributed by atoms with Gasteiger partial charge in [0.1, 0.15) is 6.04 Å². The van der Waals surface area contributed by atoms with E-state index in [0.29, 0.717) is 39.0 Å². The molecule has 0 bridgehead atoms. The Balaban J connectivity index is 1.74. The van der Waals surface area contributed by atoms with Gasteiger partial charge in [0.05, 0.1) is 0 Å². The zero-order valence-corrected chi connectivity index (χ0v) is 16.6. The zero-order valence-electron chi connectivity index (χ0n) is 14.5. The van der Waals surface area contributed by atoms with Gasteiger partial charge in [0, 0.05) is 35.7 Å². The first kappa shape index (κ1) is 18.9. The fourth-order valence-electron chi connectivity index (χ4n) is 3.59. The third-order valence-corrected chi connectivity index (χ3v) is 5.73. The summed E-state index contributed by atoms with van der Waals surface area (Å²) in [5.74, 6) is -0.370. The number of rotatable bonds is 3. The molecule has 1 unspecified atom stereocenters. The van der Waals surface area contributed by atoms with Crippen LogP contribution in [-0.4, -0.2) is 53.7 Å². The zero-order chi connectivity index (χ0) is 18.7. The van der Waals surface area contributed by atoms with Crippen LogP contribution in [0.15, 0.2) is 36.9 Å². The number of benzene rings is 1. The van der Waals surface area contributed by atoms with Gasteiger partial charge in [0.2, 0.25) is 17.7 Å². The standard InChI is InChI=1S/C19H22IN3O3/c1-2-16(24)22-10-7-14(8-11-22)19(26)23-12-9-21-18(25)17(23)13-3-5-15(20)6-4-13/h2-6,14,17H,1,7-12H2,(H,21,25). The predicted octanol–water partition coefficient (Wildman–Crippen LogP) is 1.72. The van der Waals surface area contributed by atoms with Crippen LogP contribution in [0, 0.1) is 9.49 Å². The van der Waals surface area contributed by atoms with Crippen molar-refractivity contribution in [2.75, 3.05) is 26.2 Å². The van der Waals surface area contributed by atoms with Gasteiger partial charge >= 0.3 is 0 Å². The van der Waals surface area contributed by atoms with E-state index in [1.54, 1.807) is 9.80 Å². The maximum Gasteiger partial charge on any atom is 0.247 e. The van der Waals surface area contributed by atoms with Gasteiger partial charge in [0.15, 0.2) is 0 Å². The summed E-state index contributed by atoms with van der Waals surface area (Å²) in [5, 5.41) is 2.86. The van der Waals surface area contributed by atoms with E-state index < -0.39 is 6.04 Å². The average Bonchev–Trinajstić information content (AvgIpc) is 2.67. The molecule has 2 heterocycles. The van der Waals surface area contributed by atoms with Crippen LogP contribution in [0.5, 0.6) is 0 Å². The van der Waals surface area contributed by atoms with E-state index in [-0.39, 0.29) is 23.6 Å². The second kappa shape index (κ2) is 8.20. The molecule has 0 radical (unpaired) electrons. The number of carbonyl (C=O) groups is 3. The highest BCUT2D eigenvalue weighted by atomic mass is 127. The summed E-state index contributed by atoms with van der Waals surface area (Å²) in [6.45, 7) is 5.59. The summed E-state index contributed by atoms with van der Waals surface area (Å²) < 4.78 is 1.08. The van der Waals surface area contributed by atoms with Gasteiger partial charge < -0.3 is 15.1 Å². The summed E-state index contributed by atoms with van der Waals surface area (Å²) in [6.07, 6.45) is 2.55. The minimum Gasteiger partial charge on any atom is -0.352 e. The van der Waals surface area contributed by atoms with Gasteiger partial charge in [-0.25, -0.2) is 0 Å². The van der Waals surface area contributed by atoms with Crippen LogP contribution in [0.4, 0.5) is 0 Å². The normalized spacial score (nSPS) is 21.3. The van der Waals surface area contributed by atoms with E-state index in [4.69, 9.17) is 0 Å². The number of hydrogen-bond donors (Lipinski definition) is 1. The van der Waals surface area contributed by atoms with E-state index in [9.17, 15) is 14.4 Å². The lowest BCUT2D eigenvalue weighted by Crippen LogP contribution is -2.54. The summed E-state index contributed by atoms with van der Waals surface area (Å²) in [6, 6.07) is 7.12. The molecule has 0 aromatic heterocycles. The van der Waals surface area contributed by atoms with E-state index in [0.717, 1.165) is 9.13 Å². The highest BCUT2D eigenvalue weighted by Crippen LogP contribution is 2.28. The molecule has 1 aromatic rings. The molecule has 2 aliphatic heterocycles. The van der Waals surface area contributed by atoms with Crippen molar-refractivity contribution in [1.29, 1.82) is 0 Å². The number of hydrogen-bond acceptors (Lipinski definition) is 3. The Morgan fingerprint density at radius 3 is 2.42 bits per heavy atom. The molecule has 2 aliphatic rings. The van der Waals surface area contributed by atoms with Gasteiger partial charge in [-0.1, -0.05) is 18.7 Å². The smallest absolute Gasteiger partial charge is 0.247 e. The van der Waals surface area contributed by atoms with E-state index in [1.807, 2.05) is 24.3 Å². The van der Waals surface area contributed by atoms with Crippen molar-refractivity contribution < 1.29 is 14.4 Å². The Morgan fingerprint density at radius 1 is 1.15 bits per heavy atom. The SMILES string of the molecule is C=CC(=O)N1CCC(C(=O)N2CCNC(=O)C2c2ccc(I)cc2)CC1. The summed E-state index contributed by atoms with van der Waals surface area (Å²) in [4.78, 5) is 40.7. The van der Waals surface area contributed by atoms with Crippen molar-refractivity contribution in [3.8, 4) is 0 Å². The second-order valence-corrected chi connectivity index (χ2v) is 7.83. The van der Waals surface area contributed by atoms with Crippen LogP contribution in [-0.2, 0) is 14.4 Å². The molecular formula is C19H22IN3O3. The molecule has 0 aliphatic carbocycles. The number of nitrogens with zero attached hydrogens (tertiary/aromatic N) is 2. The Hall–Kier alpha value is -1.90. The number of carbonyl (C=O) groups excluding carboxylic acids is 3. The monoisotopic (exact) mass is 467 g/mol. The summed E-state index contributed by atoms with van der Waals surface area (Å²) in [5.41, 5.74) is 0.829. The highest BCUT2D eigenvalue weighted by molar-refractivity contribution is 14.1. The molecule has 3 amide bonds. The van der Waals surface area contributed by atoms with Gasteiger partial charge in [-0.2, -0.15) is 0 Å². The molecule has 2 fully saturated rings. The van der Waals surface area contributed by atoms with Crippen LogP contribution < -0.4 is 5.32 Å². The molecule has 2 saturated heterocycles. The molecule has 26 heavy (non-hydrogen) atoms. The number of nitrogens with one attached hydrogen (secondary N) is 1. The Labute approximate surface area is 166 Å². The van der Waals surface area contributed by atoms with E-state index >= 15 is 0 Å². The maximum absolute atomic E-state index is 13.1. The van der Waals surface area contributed by atoms with Crippen molar-refractivity contribution >= 4 is 40.3 Å². The van der Waals surface area contributed by atoms with Crippen molar-refractivity contribution in [3.05, 3.63) is 46.1 Å². The first-order chi connectivity index (χ1) is 12.5. The predicted molar refractivity (Wildman–Crippen MR) is 106 cm³/mol. The molecule has 138 valence electrons. The number of amides is 3. The van der Waals surface area contributed by atoms with Gasteiger partial charge in [-0.3, -0.25) is 14.4 Å². The first-order valence-corrected chi connectivity index (χ1v) is 9.84. The number of likely N-dealkylation sites (tertiary alicyclic amines) is 1. The van der Waals surface area contributed by atoms with Crippen molar-refractivity contribution in [1.82, 2.24) is 15.1 Å². The lowest BCUT2D eigenvalue weighted by molar-refractivity contribution is -0.148. The molecule has 0 saturated carbocycles. The van der Waals surface area contributed by atoms with Gasteiger partial charge in [-0.15, -0.1) is 0 Å². The minimum absolute atomic E-state index is 0.00843. The van der Waals surface area contributed by atoms with Crippen LogP contribution in [0.3, 0.4) is 0 Å². The number of halogens is 1. The van der Waals surface area contributed by atoms with E-state index in [1.165, 1.54) is 6.08 Å². The summed E-state index contributed by atoms with van der Waals surface area (Å²) in [7, 11) is 0. The Kier molecular flexibility index (Phi) is 5.95. The summed E-state index contributed by atoms with van der Waals surface area (Å²) >= 11 is 2.22. The lowest BCUT2D eigenvalue weighted by atomic mass is 9.93. The molecule has 0 spiro atoms. The third kappa shape index (κ3) is 3.92. The van der Waals surface area contributed by atoms with Crippen LogP contribution in [0.2, 0.25) is 0 Å². The molecular weight excluding hydrogens is 445 g/mol.